The number of urea groups is 1. The average molecular weight is 474 g/mol. The Bertz CT molecular complexity index is 979. The molecule has 2 N–H and O–H groups in total. The van der Waals surface area contributed by atoms with Crippen molar-refractivity contribution in [1.82, 2.24) is 25.5 Å². The number of rotatable bonds is 6. The van der Waals surface area contributed by atoms with Gasteiger partial charge in [0.05, 0.1) is 17.3 Å². The molecule has 2 amide bonds. The number of fused-ring (bicyclic) bond motifs is 1. The van der Waals surface area contributed by atoms with Crippen LogP contribution < -0.4 is 10.6 Å². The summed E-state index contributed by atoms with van der Waals surface area (Å²) in [4.78, 5) is 24.3. The van der Waals surface area contributed by atoms with E-state index in [-0.39, 0.29) is 23.1 Å². The smallest absolute Gasteiger partial charge is 0.318 e. The van der Waals surface area contributed by atoms with E-state index in [1.54, 1.807) is 6.07 Å². The number of nitrogens with one attached hydrogen (secondary N) is 2. The summed E-state index contributed by atoms with van der Waals surface area (Å²) >= 11 is 5.86. The average Bonchev–Trinajstić information content (AvgIpc) is 2.80. The minimum absolute atomic E-state index is 0.100. The molecular weight excluding hydrogens is 441 g/mol. The van der Waals surface area contributed by atoms with Crippen LogP contribution in [-0.2, 0) is 25.8 Å². The Kier molecular flexibility index (Phi) is 7.81. The maximum Gasteiger partial charge on any atom is 0.318 e. The minimum Gasteiger partial charge on any atom is -0.333 e. The summed E-state index contributed by atoms with van der Waals surface area (Å²) < 4.78 is 14.0. The third kappa shape index (κ3) is 6.21. The van der Waals surface area contributed by atoms with Crippen LogP contribution in [0.1, 0.15) is 55.8 Å². The molecule has 0 spiro atoms. The number of halogens is 2. The van der Waals surface area contributed by atoms with Crippen molar-refractivity contribution in [3.63, 3.8) is 0 Å². The zero-order valence-electron chi connectivity index (χ0n) is 19.4. The molecule has 3 heterocycles. The molecule has 33 heavy (non-hydrogen) atoms. The predicted octanol–water partition coefficient (Wildman–Crippen LogP) is 4.29. The molecule has 2 aliphatic heterocycles. The van der Waals surface area contributed by atoms with Crippen LogP contribution in [0.5, 0.6) is 0 Å². The maximum atomic E-state index is 14.0. The van der Waals surface area contributed by atoms with Gasteiger partial charge < -0.3 is 15.5 Å². The van der Waals surface area contributed by atoms with E-state index in [9.17, 15) is 9.18 Å². The largest absolute Gasteiger partial charge is 0.333 e. The summed E-state index contributed by atoms with van der Waals surface area (Å²) in [6.07, 6.45) is 7.27. The summed E-state index contributed by atoms with van der Waals surface area (Å²) in [5.74, 6) is 0.882. The molecule has 2 aliphatic rings. The monoisotopic (exact) mass is 473 g/mol. The lowest BCUT2D eigenvalue weighted by atomic mass is 9.93. The summed E-state index contributed by atoms with van der Waals surface area (Å²) in [6, 6.07) is 4.79. The summed E-state index contributed by atoms with van der Waals surface area (Å²) in [5, 5.41) is 6.90. The molecule has 2 aromatic rings. The van der Waals surface area contributed by atoms with Gasteiger partial charge in [-0.3, -0.25) is 0 Å². The first-order valence-corrected chi connectivity index (χ1v) is 12.3. The molecule has 8 heteroatoms. The van der Waals surface area contributed by atoms with Gasteiger partial charge in [-0.25, -0.2) is 19.2 Å². The molecule has 6 nitrogen and oxygen atoms in total. The van der Waals surface area contributed by atoms with E-state index in [1.807, 2.05) is 17.2 Å². The van der Waals surface area contributed by atoms with Crippen LogP contribution >= 0.6 is 11.6 Å². The van der Waals surface area contributed by atoms with Crippen molar-refractivity contribution >= 4 is 17.6 Å². The highest BCUT2D eigenvalue weighted by Crippen LogP contribution is 2.21. The molecule has 0 radical (unpaired) electrons. The topological polar surface area (TPSA) is 70.2 Å². The van der Waals surface area contributed by atoms with E-state index in [0.29, 0.717) is 25.4 Å². The van der Waals surface area contributed by atoms with Gasteiger partial charge in [0.2, 0.25) is 0 Å². The van der Waals surface area contributed by atoms with E-state index in [4.69, 9.17) is 16.6 Å². The normalized spacial score (nSPS) is 19.3. The van der Waals surface area contributed by atoms with Crippen LogP contribution in [0.15, 0.2) is 24.4 Å². The fourth-order valence-corrected chi connectivity index (χ4v) is 4.79. The van der Waals surface area contributed by atoms with Crippen molar-refractivity contribution in [2.24, 2.45) is 5.92 Å². The lowest BCUT2D eigenvalue weighted by molar-refractivity contribution is 0.181. The zero-order valence-corrected chi connectivity index (χ0v) is 20.2. The number of aromatic nitrogens is 2. The van der Waals surface area contributed by atoms with Crippen LogP contribution in [0.25, 0.3) is 0 Å². The van der Waals surface area contributed by atoms with Gasteiger partial charge in [0.1, 0.15) is 11.6 Å². The number of carbonyl (C=O) groups excluding carboxylic acids is 1. The lowest BCUT2D eigenvalue weighted by Crippen LogP contribution is -2.56. The van der Waals surface area contributed by atoms with Crippen molar-refractivity contribution in [3.05, 3.63) is 57.9 Å². The highest BCUT2D eigenvalue weighted by Gasteiger charge is 2.29. The fraction of sp³-hybridized carbons (Fsp3) is 0.560. The zero-order chi connectivity index (χ0) is 23.4. The Hall–Kier alpha value is -2.25. The second-order valence-electron chi connectivity index (χ2n) is 9.59. The first-order valence-electron chi connectivity index (χ1n) is 12.0. The number of benzene rings is 1. The van der Waals surface area contributed by atoms with Gasteiger partial charge in [-0.2, -0.15) is 0 Å². The standard InChI is InChI=1S/C25H33ClFN5O/c1-16(2)11-24-29-14-18-8-10-32(15-23(18)30-24)25(33)31-22(21-5-3-4-9-28-21)13-17-6-7-19(26)20(27)12-17/h6-7,12,14,16,21-22,28H,3-5,8-11,13,15H2,1-2H3,(H,31,33)/t21?,22-/m0/s1. The van der Waals surface area contributed by atoms with Crippen molar-refractivity contribution in [2.45, 2.75) is 71.0 Å². The van der Waals surface area contributed by atoms with Gasteiger partial charge >= 0.3 is 6.03 Å². The maximum absolute atomic E-state index is 14.0. The molecular formula is C25H33ClFN5O. The van der Waals surface area contributed by atoms with Crippen molar-refractivity contribution in [1.29, 1.82) is 0 Å². The quantitative estimate of drug-likeness (QED) is 0.656. The molecule has 0 bridgehead atoms. The second kappa shape index (κ2) is 10.8. The Morgan fingerprint density at radius 2 is 2.18 bits per heavy atom. The van der Waals surface area contributed by atoms with Crippen molar-refractivity contribution in [2.75, 3.05) is 13.1 Å². The van der Waals surface area contributed by atoms with Gasteiger partial charge in [0.15, 0.2) is 0 Å². The number of hydrogen-bond donors (Lipinski definition) is 2. The van der Waals surface area contributed by atoms with Gasteiger partial charge in [-0.1, -0.05) is 37.9 Å². The number of hydrogen-bond acceptors (Lipinski definition) is 4. The predicted molar refractivity (Wildman–Crippen MR) is 128 cm³/mol. The first kappa shape index (κ1) is 23.9. The summed E-state index contributed by atoms with van der Waals surface area (Å²) in [5.41, 5.74) is 2.88. The number of carbonyl (C=O) groups is 1. The number of piperidine rings is 1. The van der Waals surface area contributed by atoms with Crippen molar-refractivity contribution in [3.8, 4) is 0 Å². The third-order valence-corrected chi connectivity index (χ3v) is 6.76. The van der Waals surface area contributed by atoms with Crippen LogP contribution in [-0.4, -0.2) is 46.1 Å². The van der Waals surface area contributed by atoms with Gasteiger partial charge in [-0.05, 0) is 61.4 Å². The molecule has 1 saturated heterocycles. The molecule has 178 valence electrons. The van der Waals surface area contributed by atoms with E-state index in [1.165, 1.54) is 6.07 Å². The molecule has 1 aromatic heterocycles. The van der Waals surface area contributed by atoms with E-state index in [0.717, 1.165) is 61.3 Å². The Morgan fingerprint density at radius 1 is 1.33 bits per heavy atom. The van der Waals surface area contributed by atoms with Gasteiger partial charge in [0, 0.05) is 31.2 Å². The summed E-state index contributed by atoms with van der Waals surface area (Å²) in [7, 11) is 0. The second-order valence-corrected chi connectivity index (χ2v) is 10.00. The third-order valence-electron chi connectivity index (χ3n) is 6.46. The van der Waals surface area contributed by atoms with Crippen molar-refractivity contribution < 1.29 is 9.18 Å². The van der Waals surface area contributed by atoms with E-state index in [2.05, 4.69) is 29.5 Å². The van der Waals surface area contributed by atoms with Crippen LogP contribution in [0.3, 0.4) is 0 Å². The molecule has 1 unspecified atom stereocenters. The number of nitrogens with zero attached hydrogens (tertiary/aromatic N) is 3. The highest BCUT2D eigenvalue weighted by molar-refractivity contribution is 6.30. The first-order chi connectivity index (χ1) is 15.9. The highest BCUT2D eigenvalue weighted by atomic mass is 35.5. The molecule has 0 aliphatic carbocycles. The van der Waals surface area contributed by atoms with Crippen LogP contribution in [0.2, 0.25) is 5.02 Å². The lowest BCUT2D eigenvalue weighted by Gasteiger charge is -2.35. The van der Waals surface area contributed by atoms with E-state index >= 15 is 0 Å². The Balaban J connectivity index is 1.46. The molecule has 4 rings (SSSR count). The minimum atomic E-state index is -0.430. The Morgan fingerprint density at radius 3 is 2.91 bits per heavy atom. The molecule has 2 atom stereocenters. The molecule has 1 fully saturated rings. The van der Waals surface area contributed by atoms with Gasteiger partial charge in [0.25, 0.3) is 0 Å². The van der Waals surface area contributed by atoms with Crippen LogP contribution in [0, 0.1) is 11.7 Å². The number of amides is 2. The van der Waals surface area contributed by atoms with Gasteiger partial charge in [-0.15, -0.1) is 0 Å². The molecule has 0 saturated carbocycles. The van der Waals surface area contributed by atoms with Crippen LogP contribution in [0.4, 0.5) is 9.18 Å². The van der Waals surface area contributed by atoms with E-state index < -0.39 is 5.82 Å². The Labute approximate surface area is 200 Å². The SMILES string of the molecule is CC(C)Cc1ncc2c(n1)CN(C(=O)N[C@@H](Cc1ccc(Cl)c(F)c1)C1CCCCN1)CC2. The molecule has 1 aromatic carbocycles. The fourth-order valence-electron chi connectivity index (χ4n) is 4.67. The summed E-state index contributed by atoms with van der Waals surface area (Å²) in [6.45, 7) is 6.34.